The predicted octanol–water partition coefficient (Wildman–Crippen LogP) is 5.60. The van der Waals surface area contributed by atoms with Crippen molar-refractivity contribution in [1.82, 2.24) is 19.9 Å². The molecule has 0 amide bonds. The van der Waals surface area contributed by atoms with Crippen LogP contribution in [0.2, 0.25) is 0 Å². The van der Waals surface area contributed by atoms with Crippen molar-refractivity contribution in [2.75, 3.05) is 0 Å². The second-order valence-corrected chi connectivity index (χ2v) is 9.23. The van der Waals surface area contributed by atoms with Gasteiger partial charge in [0.15, 0.2) is 11.6 Å². The Morgan fingerprint density at radius 1 is 0.972 bits per heavy atom. The lowest BCUT2D eigenvalue weighted by Crippen LogP contribution is -2.19. The van der Waals surface area contributed by atoms with Gasteiger partial charge < -0.3 is 9.63 Å². The Balaban J connectivity index is 1.24. The first-order chi connectivity index (χ1) is 17.5. The number of carbonyl (C=O) groups is 1. The minimum atomic E-state index is -0.735. The smallest absolute Gasteiger partial charge is 0.314 e. The molecule has 6 rings (SSSR count). The van der Waals surface area contributed by atoms with E-state index in [1.807, 2.05) is 85.9 Å². The van der Waals surface area contributed by atoms with E-state index in [1.54, 1.807) is 10.9 Å². The molecule has 1 fully saturated rings. The van der Waals surface area contributed by atoms with Gasteiger partial charge in [0.1, 0.15) is 0 Å². The Bertz CT molecular complexity index is 1530. The molecule has 1 N–H and O–H groups in total. The van der Waals surface area contributed by atoms with Crippen LogP contribution >= 0.6 is 0 Å². The van der Waals surface area contributed by atoms with Crippen molar-refractivity contribution in [2.24, 2.45) is 0 Å². The number of hydrogen-bond donors (Lipinski definition) is 1. The normalized spacial score (nSPS) is 14.0. The van der Waals surface area contributed by atoms with Crippen LogP contribution in [0.3, 0.4) is 0 Å². The van der Waals surface area contributed by atoms with Crippen LogP contribution in [0.4, 0.5) is 0 Å². The van der Waals surface area contributed by atoms with Gasteiger partial charge in [0.2, 0.25) is 0 Å². The van der Waals surface area contributed by atoms with E-state index in [1.165, 1.54) is 0 Å². The molecule has 1 aliphatic rings. The standard InChI is InChI=1S/C29H24N4O3/c1-19-25(18-24-4-2-5-26(31-24)33-17-3-16-30-33)27(36-32-19)22-8-6-20(7-9-22)21-10-12-23(13-11-21)29(14-15-29)28(34)35/h2-13,16-17H,14-15,18H2,1H3,(H,34,35). The van der Waals surface area contributed by atoms with Crippen molar-refractivity contribution in [2.45, 2.75) is 31.6 Å². The molecule has 1 aliphatic carbocycles. The van der Waals surface area contributed by atoms with Crippen LogP contribution in [0.15, 0.2) is 89.7 Å². The van der Waals surface area contributed by atoms with Gasteiger partial charge in [0.05, 0.1) is 11.1 Å². The molecule has 7 heteroatoms. The number of benzene rings is 2. The van der Waals surface area contributed by atoms with Crippen molar-refractivity contribution in [1.29, 1.82) is 0 Å². The first kappa shape index (κ1) is 22.0. The number of nitrogens with zero attached hydrogens (tertiary/aromatic N) is 4. The van der Waals surface area contributed by atoms with Gasteiger partial charge in [-0.2, -0.15) is 5.10 Å². The van der Waals surface area contributed by atoms with E-state index in [9.17, 15) is 9.90 Å². The summed E-state index contributed by atoms with van der Waals surface area (Å²) >= 11 is 0. The van der Waals surface area contributed by atoms with Crippen LogP contribution in [0.5, 0.6) is 0 Å². The van der Waals surface area contributed by atoms with Crippen molar-refractivity contribution in [3.8, 4) is 28.3 Å². The van der Waals surface area contributed by atoms with Gasteiger partial charge in [-0.25, -0.2) is 9.67 Å². The van der Waals surface area contributed by atoms with Gasteiger partial charge in [-0.1, -0.05) is 59.8 Å². The maximum Gasteiger partial charge on any atom is 0.314 e. The molecule has 178 valence electrons. The van der Waals surface area contributed by atoms with E-state index in [0.29, 0.717) is 19.3 Å². The number of rotatable bonds is 7. The van der Waals surface area contributed by atoms with Crippen molar-refractivity contribution < 1.29 is 14.4 Å². The zero-order valence-electron chi connectivity index (χ0n) is 19.8. The van der Waals surface area contributed by atoms with E-state index in [-0.39, 0.29) is 0 Å². The fourth-order valence-corrected chi connectivity index (χ4v) is 4.65. The third-order valence-corrected chi connectivity index (χ3v) is 6.95. The molecule has 3 aromatic heterocycles. The average Bonchev–Trinajstić information content (AvgIpc) is 3.39. The number of pyridine rings is 1. The van der Waals surface area contributed by atoms with Gasteiger partial charge >= 0.3 is 5.97 Å². The molecular formula is C29H24N4O3. The van der Waals surface area contributed by atoms with E-state index in [2.05, 4.69) is 10.3 Å². The molecule has 0 atom stereocenters. The summed E-state index contributed by atoms with van der Waals surface area (Å²) in [7, 11) is 0. The summed E-state index contributed by atoms with van der Waals surface area (Å²) in [5.41, 5.74) is 5.97. The number of carboxylic acids is 1. The molecule has 0 saturated heterocycles. The molecule has 36 heavy (non-hydrogen) atoms. The molecule has 0 spiro atoms. The Labute approximate surface area is 208 Å². The second-order valence-electron chi connectivity index (χ2n) is 9.23. The highest BCUT2D eigenvalue weighted by molar-refractivity contribution is 5.85. The lowest BCUT2D eigenvalue weighted by molar-refractivity contribution is -0.140. The number of aliphatic carboxylic acids is 1. The minimum Gasteiger partial charge on any atom is -0.481 e. The summed E-state index contributed by atoms with van der Waals surface area (Å²) in [6, 6.07) is 23.8. The molecular weight excluding hydrogens is 452 g/mol. The third kappa shape index (κ3) is 3.88. The number of carboxylic acid groups (broad SMARTS) is 1. The van der Waals surface area contributed by atoms with Crippen LogP contribution in [-0.2, 0) is 16.6 Å². The molecule has 5 aromatic rings. The SMILES string of the molecule is Cc1noc(-c2ccc(-c3ccc(C4(C(=O)O)CC4)cc3)cc2)c1Cc1cccc(-n2cccn2)n1. The van der Waals surface area contributed by atoms with Gasteiger partial charge in [0, 0.05) is 35.6 Å². The minimum absolute atomic E-state index is 0.592. The van der Waals surface area contributed by atoms with Gasteiger partial charge in [0.25, 0.3) is 0 Å². The number of hydrogen-bond acceptors (Lipinski definition) is 5. The van der Waals surface area contributed by atoms with Gasteiger partial charge in [-0.15, -0.1) is 0 Å². The third-order valence-electron chi connectivity index (χ3n) is 6.95. The zero-order chi connectivity index (χ0) is 24.7. The van der Waals surface area contributed by atoms with E-state index in [4.69, 9.17) is 9.51 Å². The summed E-state index contributed by atoms with van der Waals surface area (Å²) in [5.74, 6) is 0.762. The number of aromatic nitrogens is 4. The van der Waals surface area contributed by atoms with E-state index < -0.39 is 11.4 Å². The lowest BCUT2D eigenvalue weighted by Gasteiger charge is -2.11. The lowest BCUT2D eigenvalue weighted by atomic mass is 9.93. The van der Waals surface area contributed by atoms with Crippen LogP contribution in [0, 0.1) is 6.92 Å². The second kappa shape index (κ2) is 8.61. The Morgan fingerprint density at radius 3 is 2.31 bits per heavy atom. The maximum atomic E-state index is 11.6. The fourth-order valence-electron chi connectivity index (χ4n) is 4.65. The quantitative estimate of drug-likeness (QED) is 0.328. The average molecular weight is 477 g/mol. The largest absolute Gasteiger partial charge is 0.481 e. The Morgan fingerprint density at radius 2 is 1.67 bits per heavy atom. The topological polar surface area (TPSA) is 94.0 Å². The molecule has 0 aliphatic heterocycles. The molecule has 1 saturated carbocycles. The summed E-state index contributed by atoms with van der Waals surface area (Å²) in [6.45, 7) is 1.94. The van der Waals surface area contributed by atoms with Crippen LogP contribution in [0.1, 0.15) is 35.4 Å². The zero-order valence-corrected chi connectivity index (χ0v) is 19.8. The predicted molar refractivity (Wildman–Crippen MR) is 135 cm³/mol. The molecule has 7 nitrogen and oxygen atoms in total. The highest BCUT2D eigenvalue weighted by Crippen LogP contribution is 2.48. The fraction of sp³-hybridized carbons (Fsp3) is 0.172. The summed E-state index contributed by atoms with van der Waals surface area (Å²) in [5, 5.41) is 18.0. The van der Waals surface area contributed by atoms with Crippen LogP contribution in [0.25, 0.3) is 28.3 Å². The maximum absolute atomic E-state index is 11.6. The Kier molecular flexibility index (Phi) is 5.25. The molecule has 0 unspecified atom stereocenters. The van der Waals surface area contributed by atoms with Crippen LogP contribution in [-0.4, -0.2) is 31.0 Å². The molecule has 0 bridgehead atoms. The monoisotopic (exact) mass is 476 g/mol. The van der Waals surface area contributed by atoms with Crippen molar-refractivity contribution in [3.63, 3.8) is 0 Å². The Hall–Kier alpha value is -4.52. The van der Waals surface area contributed by atoms with E-state index in [0.717, 1.165) is 50.8 Å². The van der Waals surface area contributed by atoms with E-state index >= 15 is 0 Å². The first-order valence-corrected chi connectivity index (χ1v) is 11.9. The van der Waals surface area contributed by atoms with Gasteiger partial charge in [-0.05, 0) is 54.7 Å². The van der Waals surface area contributed by atoms with Gasteiger partial charge in [-0.3, -0.25) is 4.79 Å². The van der Waals surface area contributed by atoms with Crippen LogP contribution < -0.4 is 0 Å². The highest BCUT2D eigenvalue weighted by atomic mass is 16.5. The highest BCUT2D eigenvalue weighted by Gasteiger charge is 2.51. The van der Waals surface area contributed by atoms with Crippen molar-refractivity contribution in [3.05, 3.63) is 108 Å². The molecule has 2 aromatic carbocycles. The first-order valence-electron chi connectivity index (χ1n) is 11.9. The molecule has 0 radical (unpaired) electrons. The summed E-state index contributed by atoms with van der Waals surface area (Å²) < 4.78 is 7.47. The van der Waals surface area contributed by atoms with Crippen molar-refractivity contribution >= 4 is 5.97 Å². The number of aryl methyl sites for hydroxylation is 1. The molecule has 3 heterocycles. The summed E-state index contributed by atoms with van der Waals surface area (Å²) in [6.07, 6.45) is 5.60. The summed E-state index contributed by atoms with van der Waals surface area (Å²) in [4.78, 5) is 16.4.